The molecule has 0 aliphatic carbocycles. The first-order valence-corrected chi connectivity index (χ1v) is 9.87. The molecule has 4 aromatic carbocycles. The number of aromatic hydroxyl groups is 1. The number of phenolic OH excluding ortho intramolecular Hbond substituents is 1. The summed E-state index contributed by atoms with van der Waals surface area (Å²) in [5.74, 6) is 0.203. The van der Waals surface area contributed by atoms with Crippen LogP contribution in [0, 0.1) is 0 Å². The van der Waals surface area contributed by atoms with Crippen LogP contribution in [0.15, 0.2) is 89.9 Å². The SMILES string of the molecule is C=Nc1ccc2sc3c(-c4cccc(-c5ccccc5)c4)cccc3c2c1O. The van der Waals surface area contributed by atoms with Crippen molar-refractivity contribution in [2.45, 2.75) is 0 Å². The minimum atomic E-state index is 0.203. The van der Waals surface area contributed by atoms with Crippen LogP contribution in [0.2, 0.25) is 0 Å². The van der Waals surface area contributed by atoms with E-state index < -0.39 is 0 Å². The van der Waals surface area contributed by atoms with E-state index in [-0.39, 0.29) is 5.75 Å². The van der Waals surface area contributed by atoms with Crippen molar-refractivity contribution in [3.8, 4) is 28.0 Å². The van der Waals surface area contributed by atoms with Gasteiger partial charge in [-0.05, 0) is 47.2 Å². The van der Waals surface area contributed by atoms with Gasteiger partial charge in [-0.15, -0.1) is 11.3 Å². The summed E-state index contributed by atoms with van der Waals surface area (Å²) >= 11 is 1.70. The largest absolute Gasteiger partial charge is 0.505 e. The summed E-state index contributed by atoms with van der Waals surface area (Å²) in [6, 6.07) is 29.1. The maximum atomic E-state index is 10.7. The normalized spacial score (nSPS) is 11.1. The zero-order chi connectivity index (χ0) is 19.1. The molecular weight excluding hydrogens is 362 g/mol. The van der Waals surface area contributed by atoms with Gasteiger partial charge in [0.15, 0.2) is 0 Å². The Kier molecular flexibility index (Phi) is 3.96. The van der Waals surface area contributed by atoms with Crippen molar-refractivity contribution >= 4 is 43.9 Å². The predicted molar refractivity (Wildman–Crippen MR) is 121 cm³/mol. The molecule has 28 heavy (non-hydrogen) atoms. The van der Waals surface area contributed by atoms with Gasteiger partial charge in [0.2, 0.25) is 0 Å². The minimum absolute atomic E-state index is 0.203. The molecule has 0 aliphatic rings. The Balaban J connectivity index is 1.75. The third-order valence-electron chi connectivity index (χ3n) is 5.07. The quantitative estimate of drug-likeness (QED) is 0.325. The molecule has 0 bridgehead atoms. The lowest BCUT2D eigenvalue weighted by atomic mass is 9.98. The molecule has 0 saturated heterocycles. The highest BCUT2D eigenvalue weighted by molar-refractivity contribution is 7.26. The Morgan fingerprint density at radius 3 is 2.32 bits per heavy atom. The molecule has 1 aromatic heterocycles. The van der Waals surface area contributed by atoms with Crippen molar-refractivity contribution in [2.75, 3.05) is 0 Å². The Morgan fingerprint density at radius 2 is 1.50 bits per heavy atom. The molecule has 0 aliphatic heterocycles. The number of hydrogen-bond acceptors (Lipinski definition) is 3. The highest BCUT2D eigenvalue weighted by atomic mass is 32.1. The number of phenols is 1. The molecule has 5 rings (SSSR count). The lowest BCUT2D eigenvalue weighted by molar-refractivity contribution is 0.483. The summed E-state index contributed by atoms with van der Waals surface area (Å²) in [4.78, 5) is 3.94. The van der Waals surface area contributed by atoms with Crippen molar-refractivity contribution in [3.63, 3.8) is 0 Å². The molecule has 0 unspecified atom stereocenters. The van der Waals surface area contributed by atoms with Gasteiger partial charge < -0.3 is 5.11 Å². The molecule has 1 heterocycles. The first-order chi connectivity index (χ1) is 13.8. The molecule has 3 heteroatoms. The van der Waals surface area contributed by atoms with Crippen LogP contribution in [0.3, 0.4) is 0 Å². The molecule has 0 radical (unpaired) electrons. The van der Waals surface area contributed by atoms with Gasteiger partial charge in [0.1, 0.15) is 11.4 Å². The van der Waals surface area contributed by atoms with Gasteiger partial charge in [0, 0.05) is 20.2 Å². The summed E-state index contributed by atoms with van der Waals surface area (Å²) in [7, 11) is 0. The van der Waals surface area contributed by atoms with Gasteiger partial charge in [0.05, 0.1) is 0 Å². The number of nitrogens with zero attached hydrogens (tertiary/aromatic N) is 1. The number of thiophene rings is 1. The number of rotatable bonds is 3. The van der Waals surface area contributed by atoms with Crippen molar-refractivity contribution < 1.29 is 5.11 Å². The Labute approximate surface area is 167 Å². The molecule has 0 atom stereocenters. The highest BCUT2D eigenvalue weighted by Crippen LogP contribution is 2.46. The van der Waals surface area contributed by atoms with Crippen molar-refractivity contribution in [1.82, 2.24) is 0 Å². The summed E-state index contributed by atoms with van der Waals surface area (Å²) in [6.45, 7) is 3.56. The van der Waals surface area contributed by atoms with Gasteiger partial charge in [0.25, 0.3) is 0 Å². The Bertz CT molecular complexity index is 1340. The average molecular weight is 379 g/mol. The molecule has 2 nitrogen and oxygen atoms in total. The van der Waals surface area contributed by atoms with Crippen LogP contribution in [-0.2, 0) is 0 Å². The van der Waals surface area contributed by atoms with E-state index in [2.05, 4.69) is 72.4 Å². The maximum absolute atomic E-state index is 10.7. The average Bonchev–Trinajstić information content (AvgIpc) is 3.14. The zero-order valence-electron chi connectivity index (χ0n) is 15.1. The van der Waals surface area contributed by atoms with Crippen LogP contribution in [0.4, 0.5) is 5.69 Å². The van der Waals surface area contributed by atoms with E-state index in [0.29, 0.717) is 5.69 Å². The second-order valence-electron chi connectivity index (χ2n) is 6.70. The fourth-order valence-corrected chi connectivity index (χ4v) is 4.95. The zero-order valence-corrected chi connectivity index (χ0v) is 15.9. The van der Waals surface area contributed by atoms with Gasteiger partial charge in [-0.1, -0.05) is 66.7 Å². The second-order valence-corrected chi connectivity index (χ2v) is 7.75. The van der Waals surface area contributed by atoms with E-state index in [4.69, 9.17) is 0 Å². The number of aliphatic imine (C=N–C) groups is 1. The van der Waals surface area contributed by atoms with Gasteiger partial charge in [-0.25, -0.2) is 0 Å². The molecule has 0 saturated carbocycles. The Morgan fingerprint density at radius 1 is 0.750 bits per heavy atom. The summed E-state index contributed by atoms with van der Waals surface area (Å²) in [5, 5.41) is 12.6. The van der Waals surface area contributed by atoms with Gasteiger partial charge in [-0.2, -0.15) is 0 Å². The monoisotopic (exact) mass is 379 g/mol. The van der Waals surface area contributed by atoms with Crippen molar-refractivity contribution in [2.24, 2.45) is 4.99 Å². The van der Waals surface area contributed by atoms with E-state index >= 15 is 0 Å². The van der Waals surface area contributed by atoms with Crippen LogP contribution in [0.5, 0.6) is 5.75 Å². The van der Waals surface area contributed by atoms with Gasteiger partial charge >= 0.3 is 0 Å². The summed E-state index contributed by atoms with van der Waals surface area (Å²) in [6.07, 6.45) is 0. The van der Waals surface area contributed by atoms with E-state index in [0.717, 1.165) is 15.5 Å². The smallest absolute Gasteiger partial charge is 0.150 e. The van der Waals surface area contributed by atoms with Crippen LogP contribution >= 0.6 is 11.3 Å². The fraction of sp³-hybridized carbons (Fsp3) is 0. The van der Waals surface area contributed by atoms with E-state index in [1.807, 2.05) is 24.3 Å². The molecule has 0 spiro atoms. The van der Waals surface area contributed by atoms with Crippen molar-refractivity contribution in [1.29, 1.82) is 0 Å². The molecule has 1 N–H and O–H groups in total. The fourth-order valence-electron chi connectivity index (χ4n) is 3.71. The minimum Gasteiger partial charge on any atom is -0.505 e. The van der Waals surface area contributed by atoms with Crippen LogP contribution in [-0.4, -0.2) is 11.8 Å². The van der Waals surface area contributed by atoms with Crippen LogP contribution in [0.25, 0.3) is 42.4 Å². The third-order valence-corrected chi connectivity index (χ3v) is 6.27. The molecule has 134 valence electrons. The lowest BCUT2D eigenvalue weighted by Crippen LogP contribution is -1.81. The first kappa shape index (κ1) is 16.7. The van der Waals surface area contributed by atoms with Crippen molar-refractivity contribution in [3.05, 3.63) is 84.9 Å². The predicted octanol–water partition coefficient (Wildman–Crippen LogP) is 7.43. The molecule has 5 aromatic rings. The topological polar surface area (TPSA) is 32.6 Å². The Hall–Kier alpha value is -3.43. The van der Waals surface area contributed by atoms with E-state index in [1.54, 1.807) is 11.3 Å². The number of benzene rings is 4. The number of hydrogen-bond donors (Lipinski definition) is 1. The maximum Gasteiger partial charge on any atom is 0.150 e. The molecular formula is C25H17NOS. The van der Waals surface area contributed by atoms with Gasteiger partial charge in [-0.3, -0.25) is 4.99 Å². The molecule has 0 amide bonds. The molecule has 0 fully saturated rings. The highest BCUT2D eigenvalue weighted by Gasteiger charge is 2.15. The number of fused-ring (bicyclic) bond motifs is 3. The third kappa shape index (κ3) is 2.60. The standard InChI is InChI=1S/C25H17NOS/c1-26-21-13-14-22-23(24(21)27)20-12-6-11-19(25(20)28-22)18-10-5-9-17(15-18)16-7-3-2-4-8-16/h2-15,27H,1H2. The van der Waals surface area contributed by atoms with Crippen LogP contribution < -0.4 is 0 Å². The van der Waals surface area contributed by atoms with Crippen LogP contribution in [0.1, 0.15) is 0 Å². The summed E-state index contributed by atoms with van der Waals surface area (Å²) in [5.41, 5.74) is 5.25. The van der Waals surface area contributed by atoms with E-state index in [9.17, 15) is 5.11 Å². The lowest BCUT2D eigenvalue weighted by Gasteiger charge is -2.07. The summed E-state index contributed by atoms with van der Waals surface area (Å²) < 4.78 is 2.21. The first-order valence-electron chi connectivity index (χ1n) is 9.06. The van der Waals surface area contributed by atoms with E-state index in [1.165, 1.54) is 27.0 Å². The second kappa shape index (κ2) is 6.63.